The van der Waals surface area contributed by atoms with Gasteiger partial charge in [-0.25, -0.2) is 0 Å². The number of nitro groups is 1. The van der Waals surface area contributed by atoms with Gasteiger partial charge in [0.1, 0.15) is 0 Å². The fourth-order valence-electron chi connectivity index (χ4n) is 1.88. The maximum atomic E-state index is 10.8. The number of hydrogen-bond acceptors (Lipinski definition) is 4. The molecule has 0 saturated heterocycles. The van der Waals surface area contributed by atoms with E-state index >= 15 is 0 Å². The maximum Gasteiger partial charge on any atom is 0.269 e. The summed E-state index contributed by atoms with van der Waals surface area (Å²) < 4.78 is 5.61. The number of nitrogens with zero attached hydrogens (tertiary/aromatic N) is 1. The standard InChI is InChI=1S/C15H24N2O3/c1-3-5-6-10-20-12-13-11-14(17(18)19)7-8-15(13)16-9-4-2/h7-8,11,16H,3-6,9-10,12H2,1-2H3. The number of non-ortho nitro benzene ring substituents is 1. The molecule has 1 N–H and O–H groups in total. The minimum atomic E-state index is -0.371. The van der Waals surface area contributed by atoms with Crippen LogP contribution in [0.2, 0.25) is 0 Å². The zero-order valence-electron chi connectivity index (χ0n) is 12.4. The van der Waals surface area contributed by atoms with Crippen LogP contribution in [0.15, 0.2) is 18.2 Å². The Morgan fingerprint density at radius 3 is 2.70 bits per heavy atom. The van der Waals surface area contributed by atoms with Gasteiger partial charge in [0.15, 0.2) is 0 Å². The van der Waals surface area contributed by atoms with Gasteiger partial charge in [-0.3, -0.25) is 10.1 Å². The molecule has 5 heteroatoms. The van der Waals surface area contributed by atoms with Gasteiger partial charge in [0.25, 0.3) is 5.69 Å². The average Bonchev–Trinajstić information content (AvgIpc) is 2.45. The molecular formula is C15H24N2O3. The molecule has 0 aliphatic carbocycles. The first kappa shape index (κ1) is 16.4. The molecule has 0 radical (unpaired) electrons. The van der Waals surface area contributed by atoms with E-state index in [9.17, 15) is 10.1 Å². The van der Waals surface area contributed by atoms with Gasteiger partial charge in [-0.05, 0) is 18.9 Å². The Balaban J connectivity index is 2.66. The van der Waals surface area contributed by atoms with E-state index in [1.165, 1.54) is 6.07 Å². The summed E-state index contributed by atoms with van der Waals surface area (Å²) >= 11 is 0. The number of nitro benzene ring substituents is 1. The SMILES string of the molecule is CCCCCOCc1cc([N+](=O)[O-])ccc1NCCC. The van der Waals surface area contributed by atoms with E-state index in [1.807, 2.05) is 0 Å². The van der Waals surface area contributed by atoms with Gasteiger partial charge in [-0.2, -0.15) is 0 Å². The Morgan fingerprint density at radius 1 is 1.25 bits per heavy atom. The number of hydrogen-bond donors (Lipinski definition) is 1. The molecule has 0 aliphatic rings. The fourth-order valence-corrected chi connectivity index (χ4v) is 1.88. The highest BCUT2D eigenvalue weighted by Gasteiger charge is 2.10. The Bertz CT molecular complexity index is 422. The minimum absolute atomic E-state index is 0.110. The van der Waals surface area contributed by atoms with Gasteiger partial charge >= 0.3 is 0 Å². The number of anilines is 1. The Kier molecular flexibility index (Phi) is 7.65. The lowest BCUT2D eigenvalue weighted by molar-refractivity contribution is -0.384. The van der Waals surface area contributed by atoms with Crippen molar-refractivity contribution in [2.45, 2.75) is 46.1 Å². The van der Waals surface area contributed by atoms with Crippen molar-refractivity contribution in [3.8, 4) is 0 Å². The summed E-state index contributed by atoms with van der Waals surface area (Å²) in [5.74, 6) is 0. The number of unbranched alkanes of at least 4 members (excludes halogenated alkanes) is 2. The van der Waals surface area contributed by atoms with Crippen molar-refractivity contribution in [2.24, 2.45) is 0 Å². The predicted octanol–water partition coefficient (Wildman–Crippen LogP) is 4.12. The zero-order valence-corrected chi connectivity index (χ0v) is 12.4. The molecule has 0 fully saturated rings. The van der Waals surface area contributed by atoms with Crippen LogP contribution in [0.25, 0.3) is 0 Å². The summed E-state index contributed by atoms with van der Waals surface area (Å²) in [5.41, 5.74) is 1.89. The van der Waals surface area contributed by atoms with Crippen LogP contribution < -0.4 is 5.32 Å². The van der Waals surface area contributed by atoms with Gasteiger partial charge < -0.3 is 10.1 Å². The molecule has 0 unspecified atom stereocenters. The molecule has 0 spiro atoms. The second-order valence-corrected chi connectivity index (χ2v) is 4.79. The van der Waals surface area contributed by atoms with Crippen LogP contribution in [0.1, 0.15) is 45.1 Å². The molecule has 0 heterocycles. The molecule has 1 aromatic rings. The molecule has 20 heavy (non-hydrogen) atoms. The second kappa shape index (κ2) is 9.31. The third-order valence-electron chi connectivity index (χ3n) is 3.01. The third kappa shape index (κ3) is 5.57. The highest BCUT2D eigenvalue weighted by atomic mass is 16.6. The molecule has 0 amide bonds. The van der Waals surface area contributed by atoms with E-state index in [0.717, 1.165) is 43.5 Å². The van der Waals surface area contributed by atoms with Crippen LogP contribution in [-0.2, 0) is 11.3 Å². The monoisotopic (exact) mass is 280 g/mol. The van der Waals surface area contributed by atoms with Crippen LogP contribution in [0, 0.1) is 10.1 Å². The van der Waals surface area contributed by atoms with Crippen molar-refractivity contribution in [1.82, 2.24) is 0 Å². The lowest BCUT2D eigenvalue weighted by Crippen LogP contribution is -2.05. The van der Waals surface area contributed by atoms with Crippen LogP contribution >= 0.6 is 0 Å². The first-order valence-corrected chi connectivity index (χ1v) is 7.28. The lowest BCUT2D eigenvalue weighted by atomic mass is 10.1. The molecule has 112 valence electrons. The largest absolute Gasteiger partial charge is 0.385 e. The first-order valence-electron chi connectivity index (χ1n) is 7.28. The zero-order chi connectivity index (χ0) is 14.8. The first-order chi connectivity index (χ1) is 9.69. The van der Waals surface area contributed by atoms with E-state index in [1.54, 1.807) is 12.1 Å². The highest BCUT2D eigenvalue weighted by molar-refractivity contribution is 5.55. The van der Waals surface area contributed by atoms with Crippen molar-refractivity contribution < 1.29 is 9.66 Å². The summed E-state index contributed by atoms with van der Waals surface area (Å²) in [4.78, 5) is 10.5. The highest BCUT2D eigenvalue weighted by Crippen LogP contribution is 2.23. The summed E-state index contributed by atoms with van der Waals surface area (Å²) in [7, 11) is 0. The minimum Gasteiger partial charge on any atom is -0.385 e. The van der Waals surface area contributed by atoms with E-state index in [4.69, 9.17) is 4.74 Å². The number of ether oxygens (including phenoxy) is 1. The second-order valence-electron chi connectivity index (χ2n) is 4.79. The number of benzene rings is 1. The van der Waals surface area contributed by atoms with Crippen LogP contribution in [0.3, 0.4) is 0 Å². The topological polar surface area (TPSA) is 64.4 Å². The Hall–Kier alpha value is -1.62. The Labute approximate surface area is 120 Å². The number of rotatable bonds is 10. The third-order valence-corrected chi connectivity index (χ3v) is 3.01. The molecule has 0 saturated carbocycles. The summed E-state index contributed by atoms with van der Waals surface area (Å²) in [6, 6.07) is 4.88. The van der Waals surface area contributed by atoms with Gasteiger partial charge in [-0.1, -0.05) is 26.7 Å². The van der Waals surface area contributed by atoms with Crippen molar-refractivity contribution in [1.29, 1.82) is 0 Å². The quantitative estimate of drug-likeness (QED) is 0.398. The molecule has 0 aliphatic heterocycles. The summed E-state index contributed by atoms with van der Waals surface area (Å²) in [6.45, 7) is 6.19. The smallest absolute Gasteiger partial charge is 0.269 e. The molecule has 1 aromatic carbocycles. The molecule has 0 bridgehead atoms. The van der Waals surface area contributed by atoms with E-state index in [-0.39, 0.29) is 10.6 Å². The Morgan fingerprint density at radius 2 is 2.05 bits per heavy atom. The predicted molar refractivity (Wildman–Crippen MR) is 81.1 cm³/mol. The van der Waals surface area contributed by atoms with Crippen molar-refractivity contribution in [3.63, 3.8) is 0 Å². The van der Waals surface area contributed by atoms with Crippen LogP contribution in [-0.4, -0.2) is 18.1 Å². The van der Waals surface area contributed by atoms with Gasteiger partial charge in [0.2, 0.25) is 0 Å². The van der Waals surface area contributed by atoms with Crippen LogP contribution in [0.5, 0.6) is 0 Å². The molecule has 5 nitrogen and oxygen atoms in total. The van der Waals surface area contributed by atoms with Gasteiger partial charge in [0.05, 0.1) is 11.5 Å². The molecule has 0 aromatic heterocycles. The van der Waals surface area contributed by atoms with Gasteiger partial charge in [0, 0.05) is 36.5 Å². The van der Waals surface area contributed by atoms with Crippen molar-refractivity contribution >= 4 is 11.4 Å². The molecular weight excluding hydrogens is 256 g/mol. The molecule has 1 rings (SSSR count). The number of nitrogens with one attached hydrogen (secondary N) is 1. The lowest BCUT2D eigenvalue weighted by Gasteiger charge is -2.12. The normalized spacial score (nSPS) is 10.5. The fraction of sp³-hybridized carbons (Fsp3) is 0.600. The van der Waals surface area contributed by atoms with E-state index in [2.05, 4.69) is 19.2 Å². The van der Waals surface area contributed by atoms with Gasteiger partial charge in [-0.15, -0.1) is 0 Å². The van der Waals surface area contributed by atoms with E-state index < -0.39 is 0 Å². The maximum absolute atomic E-state index is 10.8. The van der Waals surface area contributed by atoms with Crippen LogP contribution in [0.4, 0.5) is 11.4 Å². The van der Waals surface area contributed by atoms with Crippen molar-refractivity contribution in [3.05, 3.63) is 33.9 Å². The van der Waals surface area contributed by atoms with Crippen molar-refractivity contribution in [2.75, 3.05) is 18.5 Å². The summed E-state index contributed by atoms with van der Waals surface area (Å²) in [6.07, 6.45) is 4.34. The molecule has 0 atom stereocenters. The summed E-state index contributed by atoms with van der Waals surface area (Å²) in [5, 5.41) is 14.1. The van der Waals surface area contributed by atoms with E-state index in [0.29, 0.717) is 13.2 Å². The average molecular weight is 280 g/mol.